The third-order valence-corrected chi connectivity index (χ3v) is 2.26. The van der Waals surface area contributed by atoms with Crippen LogP contribution in [0.15, 0.2) is 18.2 Å². The summed E-state index contributed by atoms with van der Waals surface area (Å²) in [6.07, 6.45) is 0.844. The van der Waals surface area contributed by atoms with Crippen LogP contribution in [0.2, 0.25) is 0 Å². The lowest BCUT2D eigenvalue weighted by atomic mass is 10.0. The molecule has 1 aromatic rings. The number of ketones is 1. The first kappa shape index (κ1) is 12.8. The SMILES string of the molecule is CCc1cc(OC(C)(C)C)ccc1C(C)=O. The third kappa shape index (κ3) is 3.37. The van der Waals surface area contributed by atoms with Gasteiger partial charge in [-0.1, -0.05) is 6.92 Å². The molecule has 16 heavy (non-hydrogen) atoms. The number of benzene rings is 1. The van der Waals surface area contributed by atoms with E-state index in [1.807, 2.05) is 45.9 Å². The monoisotopic (exact) mass is 220 g/mol. The van der Waals surface area contributed by atoms with Crippen molar-refractivity contribution in [1.29, 1.82) is 0 Å². The molecule has 0 heterocycles. The Kier molecular flexibility index (Phi) is 3.74. The molecule has 88 valence electrons. The number of rotatable bonds is 3. The molecule has 0 aliphatic rings. The number of carbonyl (C=O) groups is 1. The highest BCUT2D eigenvalue weighted by Gasteiger charge is 2.13. The molecule has 1 rings (SSSR count). The van der Waals surface area contributed by atoms with E-state index in [-0.39, 0.29) is 11.4 Å². The van der Waals surface area contributed by atoms with Crippen LogP contribution in [0.25, 0.3) is 0 Å². The molecule has 0 atom stereocenters. The van der Waals surface area contributed by atoms with Gasteiger partial charge in [0.25, 0.3) is 0 Å². The molecule has 0 amide bonds. The second kappa shape index (κ2) is 4.69. The van der Waals surface area contributed by atoms with Gasteiger partial charge in [-0.3, -0.25) is 4.79 Å². The maximum absolute atomic E-state index is 11.4. The van der Waals surface area contributed by atoms with Crippen LogP contribution in [-0.4, -0.2) is 11.4 Å². The number of Topliss-reactive ketones (excluding diaryl/α,β-unsaturated/α-hetero) is 1. The summed E-state index contributed by atoms with van der Waals surface area (Å²) in [4.78, 5) is 11.4. The van der Waals surface area contributed by atoms with Crippen molar-refractivity contribution in [3.05, 3.63) is 29.3 Å². The fraction of sp³-hybridized carbons (Fsp3) is 0.500. The van der Waals surface area contributed by atoms with Crippen LogP contribution in [-0.2, 0) is 6.42 Å². The number of aryl methyl sites for hydroxylation is 1. The zero-order valence-corrected chi connectivity index (χ0v) is 10.8. The highest BCUT2D eigenvalue weighted by molar-refractivity contribution is 5.95. The summed E-state index contributed by atoms with van der Waals surface area (Å²) < 4.78 is 5.77. The fourth-order valence-corrected chi connectivity index (χ4v) is 1.62. The summed E-state index contributed by atoms with van der Waals surface area (Å²) in [6, 6.07) is 5.67. The van der Waals surface area contributed by atoms with Gasteiger partial charge in [0.1, 0.15) is 11.4 Å². The molecule has 0 unspecified atom stereocenters. The van der Waals surface area contributed by atoms with E-state index >= 15 is 0 Å². The Labute approximate surface area is 97.6 Å². The average molecular weight is 220 g/mol. The molecular weight excluding hydrogens is 200 g/mol. The maximum atomic E-state index is 11.4. The van der Waals surface area contributed by atoms with Crippen LogP contribution in [0.5, 0.6) is 5.75 Å². The van der Waals surface area contributed by atoms with Crippen LogP contribution in [0.3, 0.4) is 0 Å². The molecule has 0 bridgehead atoms. The molecule has 0 fully saturated rings. The minimum absolute atomic E-state index is 0.110. The van der Waals surface area contributed by atoms with Crippen molar-refractivity contribution in [3.8, 4) is 5.75 Å². The van der Waals surface area contributed by atoms with Crippen LogP contribution in [0.4, 0.5) is 0 Å². The third-order valence-electron chi connectivity index (χ3n) is 2.26. The Balaban J connectivity index is 3.05. The molecule has 0 spiro atoms. The standard InChI is InChI=1S/C14H20O2/c1-6-11-9-12(16-14(3,4)5)7-8-13(11)10(2)15/h7-9H,6H2,1-5H3. The molecule has 0 saturated carbocycles. The van der Waals surface area contributed by atoms with E-state index in [2.05, 4.69) is 0 Å². The average Bonchev–Trinajstić information content (AvgIpc) is 2.14. The molecule has 0 N–H and O–H groups in total. The second-order valence-electron chi connectivity index (χ2n) is 4.94. The summed E-state index contributed by atoms with van der Waals surface area (Å²) in [6.45, 7) is 9.67. The van der Waals surface area contributed by atoms with Gasteiger partial charge in [-0.25, -0.2) is 0 Å². The zero-order valence-electron chi connectivity index (χ0n) is 10.8. The summed E-state index contributed by atoms with van der Waals surface area (Å²) in [7, 11) is 0. The lowest BCUT2D eigenvalue weighted by Gasteiger charge is -2.22. The van der Waals surface area contributed by atoms with Crippen molar-refractivity contribution in [2.45, 2.75) is 46.6 Å². The van der Waals surface area contributed by atoms with Crippen molar-refractivity contribution in [1.82, 2.24) is 0 Å². The van der Waals surface area contributed by atoms with Gasteiger partial charge in [-0.15, -0.1) is 0 Å². The molecular formula is C14H20O2. The van der Waals surface area contributed by atoms with Gasteiger partial charge in [0.2, 0.25) is 0 Å². The first-order valence-electron chi connectivity index (χ1n) is 5.66. The number of hydrogen-bond donors (Lipinski definition) is 0. The number of ether oxygens (including phenoxy) is 1. The normalized spacial score (nSPS) is 11.3. The number of carbonyl (C=O) groups excluding carboxylic acids is 1. The minimum Gasteiger partial charge on any atom is -0.488 e. The predicted octanol–water partition coefficient (Wildman–Crippen LogP) is 3.63. The summed E-state index contributed by atoms with van der Waals surface area (Å²) in [5.74, 6) is 0.938. The lowest BCUT2D eigenvalue weighted by molar-refractivity contribution is 0.101. The first-order valence-corrected chi connectivity index (χ1v) is 5.66. The fourth-order valence-electron chi connectivity index (χ4n) is 1.62. The van der Waals surface area contributed by atoms with E-state index in [1.165, 1.54) is 0 Å². The smallest absolute Gasteiger partial charge is 0.160 e. The van der Waals surface area contributed by atoms with E-state index in [9.17, 15) is 4.79 Å². The van der Waals surface area contributed by atoms with E-state index in [4.69, 9.17) is 4.74 Å². The quantitative estimate of drug-likeness (QED) is 0.727. The number of hydrogen-bond acceptors (Lipinski definition) is 2. The molecule has 0 saturated heterocycles. The molecule has 1 aromatic carbocycles. The molecule has 2 heteroatoms. The summed E-state index contributed by atoms with van der Waals surface area (Å²) in [5, 5.41) is 0. The predicted molar refractivity (Wildman–Crippen MR) is 66.2 cm³/mol. The van der Waals surface area contributed by atoms with Crippen molar-refractivity contribution >= 4 is 5.78 Å². The van der Waals surface area contributed by atoms with Gasteiger partial charge in [0.15, 0.2) is 5.78 Å². The Morgan fingerprint density at radius 3 is 2.38 bits per heavy atom. The van der Waals surface area contributed by atoms with Gasteiger partial charge in [-0.05, 0) is 57.9 Å². The second-order valence-corrected chi connectivity index (χ2v) is 4.94. The van der Waals surface area contributed by atoms with Crippen molar-refractivity contribution in [2.75, 3.05) is 0 Å². The maximum Gasteiger partial charge on any atom is 0.160 e. The molecule has 0 aliphatic carbocycles. The van der Waals surface area contributed by atoms with Crippen LogP contribution in [0, 0.1) is 0 Å². The topological polar surface area (TPSA) is 26.3 Å². The van der Waals surface area contributed by atoms with Crippen molar-refractivity contribution < 1.29 is 9.53 Å². The zero-order chi connectivity index (χ0) is 12.3. The highest BCUT2D eigenvalue weighted by Crippen LogP contribution is 2.22. The highest BCUT2D eigenvalue weighted by atomic mass is 16.5. The van der Waals surface area contributed by atoms with Gasteiger partial charge in [-0.2, -0.15) is 0 Å². The Morgan fingerprint density at radius 2 is 1.94 bits per heavy atom. The van der Waals surface area contributed by atoms with Gasteiger partial charge in [0, 0.05) is 5.56 Å². The Bertz CT molecular complexity index is 386. The molecule has 2 nitrogen and oxygen atoms in total. The van der Waals surface area contributed by atoms with E-state index in [0.717, 1.165) is 23.3 Å². The van der Waals surface area contributed by atoms with E-state index in [0.29, 0.717) is 0 Å². The Morgan fingerprint density at radius 1 is 1.31 bits per heavy atom. The molecule has 0 aromatic heterocycles. The molecule has 0 radical (unpaired) electrons. The lowest BCUT2D eigenvalue weighted by Crippen LogP contribution is -2.23. The Hall–Kier alpha value is -1.31. The van der Waals surface area contributed by atoms with Gasteiger partial charge in [0.05, 0.1) is 0 Å². The summed E-state index contributed by atoms with van der Waals surface area (Å²) in [5.41, 5.74) is 1.64. The van der Waals surface area contributed by atoms with Gasteiger partial charge >= 0.3 is 0 Å². The van der Waals surface area contributed by atoms with Crippen molar-refractivity contribution in [3.63, 3.8) is 0 Å². The minimum atomic E-state index is -0.206. The van der Waals surface area contributed by atoms with Crippen LogP contribution in [0.1, 0.15) is 50.5 Å². The van der Waals surface area contributed by atoms with Crippen molar-refractivity contribution in [2.24, 2.45) is 0 Å². The largest absolute Gasteiger partial charge is 0.488 e. The van der Waals surface area contributed by atoms with E-state index < -0.39 is 0 Å². The van der Waals surface area contributed by atoms with E-state index in [1.54, 1.807) is 6.92 Å². The first-order chi connectivity index (χ1) is 7.33. The van der Waals surface area contributed by atoms with Crippen LogP contribution < -0.4 is 4.74 Å². The van der Waals surface area contributed by atoms with Gasteiger partial charge < -0.3 is 4.74 Å². The summed E-state index contributed by atoms with van der Waals surface area (Å²) >= 11 is 0. The van der Waals surface area contributed by atoms with Crippen LogP contribution >= 0.6 is 0 Å². The molecule has 0 aliphatic heterocycles.